The van der Waals surface area contributed by atoms with Gasteiger partial charge in [-0.25, -0.2) is 0 Å². The van der Waals surface area contributed by atoms with E-state index >= 15 is 0 Å². The molecule has 2 aliphatic rings. The maximum atomic E-state index is 13.3. The largest absolute Gasteiger partial charge is 0.497 e. The van der Waals surface area contributed by atoms with Crippen molar-refractivity contribution in [2.24, 2.45) is 5.92 Å². The van der Waals surface area contributed by atoms with Gasteiger partial charge in [-0.1, -0.05) is 18.2 Å². The van der Waals surface area contributed by atoms with Crippen molar-refractivity contribution in [2.45, 2.75) is 31.7 Å². The molecule has 9 heteroatoms. The third-order valence-electron chi connectivity index (χ3n) is 6.42. The summed E-state index contributed by atoms with van der Waals surface area (Å²) in [5.74, 6) is -1.12. The molecule has 2 aromatic carbocycles. The predicted molar refractivity (Wildman–Crippen MR) is 126 cm³/mol. The number of carbonyl (C=O) groups is 4. The molecule has 2 unspecified atom stereocenters. The number of likely N-dealkylation sites (tertiary alicyclic amines) is 1. The van der Waals surface area contributed by atoms with Crippen LogP contribution < -0.4 is 14.4 Å². The first-order valence-corrected chi connectivity index (χ1v) is 11.5. The lowest BCUT2D eigenvalue weighted by atomic mass is 9.83. The van der Waals surface area contributed by atoms with Crippen molar-refractivity contribution in [2.75, 3.05) is 32.3 Å². The number of rotatable bonds is 7. The lowest BCUT2D eigenvalue weighted by Crippen LogP contribution is -2.46. The Kier molecular flexibility index (Phi) is 7.33. The van der Waals surface area contributed by atoms with Gasteiger partial charge in [-0.15, -0.1) is 0 Å². The minimum absolute atomic E-state index is 0.135. The van der Waals surface area contributed by atoms with Gasteiger partial charge in [0, 0.05) is 30.6 Å². The van der Waals surface area contributed by atoms with Crippen LogP contribution in [0.1, 0.15) is 37.3 Å². The minimum Gasteiger partial charge on any atom is -0.497 e. The molecule has 0 aromatic heterocycles. The molecule has 0 N–H and O–H groups in total. The molecule has 0 radical (unpaired) electrons. The van der Waals surface area contributed by atoms with Crippen LogP contribution in [0.25, 0.3) is 0 Å². The van der Waals surface area contributed by atoms with E-state index in [1.165, 1.54) is 7.11 Å². The third kappa shape index (κ3) is 4.99. The van der Waals surface area contributed by atoms with Gasteiger partial charge in [-0.3, -0.25) is 24.1 Å². The summed E-state index contributed by atoms with van der Waals surface area (Å²) in [5, 5.41) is 0. The Bertz CT molecular complexity index is 1110. The van der Waals surface area contributed by atoms with Crippen LogP contribution >= 0.6 is 0 Å². The highest BCUT2D eigenvalue weighted by Crippen LogP contribution is 2.43. The van der Waals surface area contributed by atoms with Crippen LogP contribution in [0.2, 0.25) is 0 Å². The Balaban J connectivity index is 1.65. The van der Waals surface area contributed by atoms with Crippen LogP contribution in [0.3, 0.4) is 0 Å². The second-order valence-corrected chi connectivity index (χ2v) is 8.44. The average Bonchev–Trinajstić information content (AvgIpc) is 3.32. The van der Waals surface area contributed by atoms with Crippen LogP contribution in [-0.4, -0.2) is 56.0 Å². The summed E-state index contributed by atoms with van der Waals surface area (Å²) in [5.41, 5.74) is 1.25. The van der Waals surface area contributed by atoms with Gasteiger partial charge < -0.3 is 19.1 Å². The van der Waals surface area contributed by atoms with Gasteiger partial charge in [0.2, 0.25) is 11.8 Å². The number of anilines is 1. The molecule has 0 bridgehead atoms. The van der Waals surface area contributed by atoms with Gasteiger partial charge in [0.15, 0.2) is 6.61 Å². The lowest BCUT2D eigenvalue weighted by molar-refractivity contribution is -0.159. The predicted octanol–water partition coefficient (Wildman–Crippen LogP) is 2.88. The first-order valence-electron chi connectivity index (χ1n) is 11.5. The van der Waals surface area contributed by atoms with E-state index in [9.17, 15) is 19.2 Å². The average molecular weight is 481 g/mol. The molecule has 2 aromatic rings. The molecule has 2 aliphatic heterocycles. The Morgan fingerprint density at radius 1 is 0.943 bits per heavy atom. The van der Waals surface area contributed by atoms with E-state index in [1.54, 1.807) is 42.3 Å². The number of methoxy groups -OCH3 is 2. The van der Waals surface area contributed by atoms with Gasteiger partial charge in [0.05, 0.1) is 26.2 Å². The van der Waals surface area contributed by atoms with E-state index in [2.05, 4.69) is 0 Å². The smallest absolute Gasteiger partial charge is 0.311 e. The Hall–Kier alpha value is -3.88. The summed E-state index contributed by atoms with van der Waals surface area (Å²) in [4.78, 5) is 53.4. The second kappa shape index (κ2) is 10.6. The highest BCUT2D eigenvalue weighted by Gasteiger charge is 2.43. The number of para-hydroxylation sites is 1. The SMILES string of the molecule is COc1ccc(N2C(=O)CCC(C(=O)OCC(=O)N3CCCC3=O)C2c2ccccc2OC)cc1. The van der Waals surface area contributed by atoms with Crippen molar-refractivity contribution in [1.29, 1.82) is 0 Å². The number of nitrogens with zero attached hydrogens (tertiary/aromatic N) is 2. The van der Waals surface area contributed by atoms with E-state index in [0.717, 1.165) is 4.90 Å². The van der Waals surface area contributed by atoms with Crippen molar-refractivity contribution in [1.82, 2.24) is 4.90 Å². The number of benzene rings is 2. The Morgan fingerprint density at radius 2 is 1.69 bits per heavy atom. The van der Waals surface area contributed by atoms with Gasteiger partial charge in [-0.05, 0) is 43.2 Å². The number of amides is 3. The molecule has 2 saturated heterocycles. The maximum Gasteiger partial charge on any atom is 0.311 e. The number of hydrogen-bond donors (Lipinski definition) is 0. The highest BCUT2D eigenvalue weighted by molar-refractivity contribution is 5.99. The molecule has 35 heavy (non-hydrogen) atoms. The summed E-state index contributed by atoms with van der Waals surface area (Å²) < 4.78 is 16.2. The van der Waals surface area contributed by atoms with E-state index < -0.39 is 30.4 Å². The van der Waals surface area contributed by atoms with E-state index in [0.29, 0.717) is 42.1 Å². The fourth-order valence-electron chi connectivity index (χ4n) is 4.68. The summed E-state index contributed by atoms with van der Waals surface area (Å²) >= 11 is 0. The molecule has 2 heterocycles. The van der Waals surface area contributed by atoms with E-state index in [-0.39, 0.29) is 24.7 Å². The molecule has 0 spiro atoms. The zero-order chi connectivity index (χ0) is 24.9. The molecule has 3 amide bonds. The van der Waals surface area contributed by atoms with Gasteiger partial charge in [-0.2, -0.15) is 0 Å². The first-order chi connectivity index (χ1) is 16.9. The van der Waals surface area contributed by atoms with Crippen molar-refractivity contribution < 1.29 is 33.4 Å². The second-order valence-electron chi connectivity index (χ2n) is 8.44. The van der Waals surface area contributed by atoms with E-state index in [1.807, 2.05) is 18.2 Å². The number of ether oxygens (including phenoxy) is 3. The lowest BCUT2D eigenvalue weighted by Gasteiger charge is -2.40. The highest BCUT2D eigenvalue weighted by atomic mass is 16.5. The molecular formula is C26H28N2O7. The van der Waals surface area contributed by atoms with Crippen LogP contribution in [0.15, 0.2) is 48.5 Å². The minimum atomic E-state index is -0.742. The number of piperidine rings is 1. The first kappa shape index (κ1) is 24.3. The zero-order valence-electron chi connectivity index (χ0n) is 19.8. The Morgan fingerprint density at radius 3 is 2.34 bits per heavy atom. The van der Waals surface area contributed by atoms with Crippen molar-refractivity contribution >= 4 is 29.4 Å². The molecule has 2 atom stereocenters. The molecule has 0 saturated carbocycles. The van der Waals surface area contributed by atoms with Crippen LogP contribution in [0.5, 0.6) is 11.5 Å². The van der Waals surface area contributed by atoms with Crippen LogP contribution in [0, 0.1) is 5.92 Å². The molecule has 9 nitrogen and oxygen atoms in total. The van der Waals surface area contributed by atoms with E-state index in [4.69, 9.17) is 14.2 Å². The quantitative estimate of drug-likeness (QED) is 0.562. The molecule has 4 rings (SSSR count). The van der Waals surface area contributed by atoms with Crippen LogP contribution in [-0.2, 0) is 23.9 Å². The molecule has 2 fully saturated rings. The van der Waals surface area contributed by atoms with Crippen molar-refractivity contribution in [3.8, 4) is 11.5 Å². The summed E-state index contributed by atoms with van der Waals surface area (Å²) in [6.45, 7) is -0.182. The molecule has 184 valence electrons. The normalized spacial score (nSPS) is 20.1. The molecular weight excluding hydrogens is 452 g/mol. The number of esters is 1. The van der Waals surface area contributed by atoms with Gasteiger partial charge in [0.25, 0.3) is 5.91 Å². The number of hydrogen-bond acceptors (Lipinski definition) is 7. The van der Waals surface area contributed by atoms with Crippen LogP contribution in [0.4, 0.5) is 5.69 Å². The van der Waals surface area contributed by atoms with Gasteiger partial charge in [0.1, 0.15) is 11.5 Å². The standard InChI is InChI=1S/C26H28N2O7/c1-33-18-11-9-17(10-12-18)28-23(30)14-13-20(25(28)19-6-3-4-7-21(19)34-2)26(32)35-16-24(31)27-15-5-8-22(27)29/h3-4,6-7,9-12,20,25H,5,8,13-16H2,1-2H3. The fraction of sp³-hybridized carbons (Fsp3) is 0.385. The maximum absolute atomic E-state index is 13.3. The summed E-state index contributed by atoms with van der Waals surface area (Å²) in [6, 6.07) is 13.5. The Labute approximate surface area is 203 Å². The zero-order valence-corrected chi connectivity index (χ0v) is 19.8. The number of imide groups is 1. The topological polar surface area (TPSA) is 102 Å². The van der Waals surface area contributed by atoms with Gasteiger partial charge >= 0.3 is 5.97 Å². The third-order valence-corrected chi connectivity index (χ3v) is 6.42. The van der Waals surface area contributed by atoms with Crippen molar-refractivity contribution in [3.63, 3.8) is 0 Å². The molecule has 0 aliphatic carbocycles. The van der Waals surface area contributed by atoms with Crippen molar-refractivity contribution in [3.05, 3.63) is 54.1 Å². The summed E-state index contributed by atoms with van der Waals surface area (Å²) in [6.07, 6.45) is 1.31. The monoisotopic (exact) mass is 480 g/mol. The summed E-state index contributed by atoms with van der Waals surface area (Å²) in [7, 11) is 3.09. The number of carbonyl (C=O) groups excluding carboxylic acids is 4. The fourth-order valence-corrected chi connectivity index (χ4v) is 4.68.